The predicted octanol–water partition coefficient (Wildman–Crippen LogP) is 4.68. The third-order valence-electron chi connectivity index (χ3n) is 5.48. The lowest BCUT2D eigenvalue weighted by molar-refractivity contribution is 0.0347. The van der Waals surface area contributed by atoms with Crippen LogP contribution in [0, 0.1) is 0 Å². The highest BCUT2D eigenvalue weighted by Crippen LogP contribution is 2.28. The van der Waals surface area contributed by atoms with Gasteiger partial charge in [-0.25, -0.2) is 0 Å². The summed E-state index contributed by atoms with van der Waals surface area (Å²) in [6.45, 7) is 17.5. The first-order valence-corrected chi connectivity index (χ1v) is 9.03. The van der Waals surface area contributed by atoms with Crippen molar-refractivity contribution in [3.8, 4) is 0 Å². The first-order valence-electron chi connectivity index (χ1n) is 9.03. The molecule has 0 radical (unpaired) electrons. The minimum Gasteiger partial charge on any atom is -0.298 e. The molecule has 1 aliphatic heterocycles. The Hall–Kier alpha value is -0.860. The van der Waals surface area contributed by atoms with Gasteiger partial charge in [-0.3, -0.25) is 9.80 Å². The Labute approximate surface area is 137 Å². The lowest BCUT2D eigenvalue weighted by atomic mass is 9.96. The summed E-state index contributed by atoms with van der Waals surface area (Å²) in [5.74, 6) is 0.604. The molecule has 2 unspecified atom stereocenters. The fourth-order valence-corrected chi connectivity index (χ4v) is 3.60. The van der Waals surface area contributed by atoms with Crippen molar-refractivity contribution in [3.05, 3.63) is 35.4 Å². The number of hydrogen-bond acceptors (Lipinski definition) is 2. The summed E-state index contributed by atoms with van der Waals surface area (Å²) in [7, 11) is 0. The average molecular weight is 303 g/mol. The Bertz CT molecular complexity index is 469. The summed E-state index contributed by atoms with van der Waals surface area (Å²) < 4.78 is 0. The molecule has 0 N–H and O–H groups in total. The Morgan fingerprint density at radius 1 is 1.09 bits per heavy atom. The molecule has 0 amide bonds. The average Bonchev–Trinajstić information content (AvgIpc) is 2.53. The summed E-state index contributed by atoms with van der Waals surface area (Å²) in [5.41, 5.74) is 2.92. The summed E-state index contributed by atoms with van der Waals surface area (Å²) in [6, 6.07) is 11.0. The maximum Gasteiger partial charge on any atom is 0.0323 e. The number of hydrogen-bond donors (Lipinski definition) is 0. The van der Waals surface area contributed by atoms with E-state index in [-0.39, 0.29) is 0 Å². The van der Waals surface area contributed by atoms with Crippen molar-refractivity contribution in [2.75, 3.05) is 19.6 Å². The van der Waals surface area contributed by atoms with Crippen LogP contribution in [-0.4, -0.2) is 41.5 Å². The van der Waals surface area contributed by atoms with E-state index < -0.39 is 0 Å². The van der Waals surface area contributed by atoms with Gasteiger partial charge in [0, 0.05) is 37.8 Å². The molecule has 0 saturated carbocycles. The second kappa shape index (κ2) is 7.61. The molecule has 124 valence electrons. The van der Waals surface area contributed by atoms with E-state index in [9.17, 15) is 0 Å². The van der Waals surface area contributed by atoms with Gasteiger partial charge in [0.05, 0.1) is 0 Å². The van der Waals surface area contributed by atoms with Gasteiger partial charge in [-0.1, -0.05) is 45.0 Å². The first-order chi connectivity index (χ1) is 10.4. The molecule has 1 aliphatic rings. The molecule has 2 nitrogen and oxygen atoms in total. The lowest BCUT2D eigenvalue weighted by Crippen LogP contribution is -2.54. The van der Waals surface area contributed by atoms with Crippen LogP contribution in [0.2, 0.25) is 0 Å². The molecule has 1 saturated heterocycles. The van der Waals surface area contributed by atoms with Gasteiger partial charge in [-0.2, -0.15) is 0 Å². The molecule has 2 heteroatoms. The van der Waals surface area contributed by atoms with Crippen LogP contribution in [-0.2, 0) is 0 Å². The molecular formula is C20H34N2. The van der Waals surface area contributed by atoms with Gasteiger partial charge in [-0.15, -0.1) is 0 Å². The van der Waals surface area contributed by atoms with Crippen molar-refractivity contribution in [1.29, 1.82) is 0 Å². The van der Waals surface area contributed by atoms with Gasteiger partial charge in [0.2, 0.25) is 0 Å². The maximum absolute atomic E-state index is 2.68. The molecule has 1 fully saturated rings. The van der Waals surface area contributed by atoms with Crippen molar-refractivity contribution in [1.82, 2.24) is 9.80 Å². The molecule has 22 heavy (non-hydrogen) atoms. The summed E-state index contributed by atoms with van der Waals surface area (Å²) in [4.78, 5) is 5.33. The van der Waals surface area contributed by atoms with Gasteiger partial charge >= 0.3 is 0 Å². The second-order valence-corrected chi connectivity index (χ2v) is 7.34. The van der Waals surface area contributed by atoms with E-state index in [1.165, 1.54) is 37.2 Å². The highest BCUT2D eigenvalue weighted by atomic mass is 15.3. The number of rotatable bonds is 5. The zero-order chi connectivity index (χ0) is 16.3. The van der Waals surface area contributed by atoms with E-state index in [0.29, 0.717) is 24.0 Å². The Morgan fingerprint density at radius 3 is 2.36 bits per heavy atom. The highest BCUT2D eigenvalue weighted by molar-refractivity contribution is 5.28. The zero-order valence-corrected chi connectivity index (χ0v) is 15.3. The molecule has 2 rings (SSSR count). The van der Waals surface area contributed by atoms with Crippen molar-refractivity contribution >= 4 is 0 Å². The summed E-state index contributed by atoms with van der Waals surface area (Å²) >= 11 is 0. The van der Waals surface area contributed by atoms with E-state index in [1.54, 1.807) is 0 Å². The first kappa shape index (κ1) is 17.5. The molecule has 0 spiro atoms. The molecule has 1 aromatic rings. The number of benzene rings is 1. The minimum absolute atomic E-state index is 0.507. The van der Waals surface area contributed by atoms with Crippen LogP contribution >= 0.6 is 0 Å². The smallest absolute Gasteiger partial charge is 0.0323 e. The largest absolute Gasteiger partial charge is 0.298 e. The Kier molecular flexibility index (Phi) is 6.05. The third-order valence-corrected chi connectivity index (χ3v) is 5.48. The van der Waals surface area contributed by atoms with Crippen LogP contribution in [0.15, 0.2) is 24.3 Å². The quantitative estimate of drug-likeness (QED) is 0.779. The van der Waals surface area contributed by atoms with Gasteiger partial charge < -0.3 is 0 Å². The third kappa shape index (κ3) is 3.91. The summed E-state index contributed by atoms with van der Waals surface area (Å²) in [5, 5.41) is 0. The molecule has 1 heterocycles. The van der Waals surface area contributed by atoms with E-state index in [4.69, 9.17) is 0 Å². The van der Waals surface area contributed by atoms with Crippen LogP contribution in [0.1, 0.15) is 71.0 Å². The van der Waals surface area contributed by atoms with Crippen LogP contribution in [0.25, 0.3) is 0 Å². The van der Waals surface area contributed by atoms with Crippen molar-refractivity contribution in [2.45, 2.75) is 72.0 Å². The van der Waals surface area contributed by atoms with Crippen molar-refractivity contribution in [3.63, 3.8) is 0 Å². The van der Waals surface area contributed by atoms with Crippen LogP contribution < -0.4 is 0 Å². The van der Waals surface area contributed by atoms with Gasteiger partial charge in [0.1, 0.15) is 0 Å². The van der Waals surface area contributed by atoms with Gasteiger partial charge in [-0.05, 0) is 44.2 Å². The second-order valence-electron chi connectivity index (χ2n) is 7.34. The van der Waals surface area contributed by atoms with Crippen molar-refractivity contribution < 1.29 is 0 Å². The topological polar surface area (TPSA) is 6.48 Å². The molecule has 0 aromatic heterocycles. The Morgan fingerprint density at radius 2 is 1.77 bits per heavy atom. The van der Waals surface area contributed by atoms with Crippen LogP contribution in [0.3, 0.4) is 0 Å². The SMILES string of the molecule is CCC(C)N1CCN(C(C)c2cccc(C(C)C)c2)[C@H](C)C1. The van der Waals surface area contributed by atoms with E-state index in [0.717, 1.165) is 0 Å². The van der Waals surface area contributed by atoms with Gasteiger partial charge in [0.15, 0.2) is 0 Å². The molecular weight excluding hydrogens is 268 g/mol. The fourth-order valence-electron chi connectivity index (χ4n) is 3.60. The highest BCUT2D eigenvalue weighted by Gasteiger charge is 2.29. The molecule has 0 aliphatic carbocycles. The predicted molar refractivity (Wildman–Crippen MR) is 96.4 cm³/mol. The minimum atomic E-state index is 0.507. The number of piperazine rings is 1. The fraction of sp³-hybridized carbons (Fsp3) is 0.700. The monoisotopic (exact) mass is 302 g/mol. The van der Waals surface area contributed by atoms with Crippen LogP contribution in [0.4, 0.5) is 0 Å². The summed E-state index contributed by atoms with van der Waals surface area (Å²) in [6.07, 6.45) is 1.25. The normalized spacial score (nSPS) is 23.7. The molecule has 1 aromatic carbocycles. The van der Waals surface area contributed by atoms with Crippen molar-refractivity contribution in [2.24, 2.45) is 0 Å². The van der Waals surface area contributed by atoms with E-state index in [2.05, 4.69) is 75.6 Å². The van der Waals surface area contributed by atoms with Gasteiger partial charge in [0.25, 0.3) is 0 Å². The molecule has 3 atom stereocenters. The maximum atomic E-state index is 2.68. The Balaban J connectivity index is 2.07. The zero-order valence-electron chi connectivity index (χ0n) is 15.3. The standard InChI is InChI=1S/C20H34N2/c1-7-16(4)21-11-12-22(17(5)14-21)18(6)20-10-8-9-19(13-20)15(2)3/h8-10,13,15-18H,7,11-12,14H2,1-6H3/t16?,17-,18?/m1/s1. The van der Waals surface area contributed by atoms with Crippen LogP contribution in [0.5, 0.6) is 0 Å². The van der Waals surface area contributed by atoms with E-state index >= 15 is 0 Å². The lowest BCUT2D eigenvalue weighted by Gasteiger charge is -2.45. The molecule has 0 bridgehead atoms. The van der Waals surface area contributed by atoms with E-state index in [1.807, 2.05) is 0 Å². The number of nitrogens with zero attached hydrogens (tertiary/aromatic N) is 2.